The Labute approximate surface area is 222 Å². The average molecular weight is 604 g/mol. The highest BCUT2D eigenvalue weighted by Gasteiger charge is 2.40. The molecule has 0 bridgehead atoms. The van der Waals surface area contributed by atoms with Crippen LogP contribution in [0.3, 0.4) is 0 Å². The van der Waals surface area contributed by atoms with Gasteiger partial charge in [-0.15, -0.1) is 0 Å². The highest BCUT2D eigenvalue weighted by Crippen LogP contribution is 2.25. The highest BCUT2D eigenvalue weighted by molar-refractivity contribution is 14.1. The fourth-order valence-corrected chi connectivity index (χ4v) is 4.58. The lowest BCUT2D eigenvalue weighted by Gasteiger charge is -2.38. The number of carbonyl (C=O) groups excluding carboxylic acids is 2. The molecule has 2 saturated heterocycles. The normalized spacial score (nSPS) is 17.5. The summed E-state index contributed by atoms with van der Waals surface area (Å²) in [6, 6.07) is 7.78. The molecule has 2 amide bonds. The van der Waals surface area contributed by atoms with Crippen molar-refractivity contribution in [2.24, 2.45) is 4.99 Å². The van der Waals surface area contributed by atoms with Crippen molar-refractivity contribution in [3.8, 4) is 5.75 Å². The lowest BCUT2D eigenvalue weighted by molar-refractivity contribution is -0.132. The number of benzene rings is 1. The summed E-state index contributed by atoms with van der Waals surface area (Å²) in [6.45, 7) is 5.99. The number of aromatic nitrogens is 2. The van der Waals surface area contributed by atoms with E-state index in [2.05, 4.69) is 32.2 Å². The number of likely N-dealkylation sites (tertiary alicyclic amines) is 1. The average Bonchev–Trinajstić information content (AvgIpc) is 3.25. The Kier molecular flexibility index (Phi) is 7.91. The number of aliphatic imine (C=N–C) groups is 1. The number of nitrogens with one attached hydrogen (secondary N) is 2. The Bertz CT molecular complexity index is 1180. The molecular formula is C24H29IN8O3. The molecule has 3 heterocycles. The van der Waals surface area contributed by atoms with Crippen LogP contribution in [0.5, 0.6) is 5.75 Å². The Balaban J connectivity index is 1.27. The number of piperidine rings is 1. The standard InChI is InChI=1S/C24H29IN8O3/c1-2-13-36-16-6-3-15(4-7-16)5-8-17(34)33-11-9-24(10-12-33)14-28-23(32-24)31-22(35)18-20(26)30-21(27)19(25)29-18/h2-4,6-7H,1,5,8-14H2,(H4,26,27,30)(H2,28,31,32,35). The van der Waals surface area contributed by atoms with Gasteiger partial charge < -0.3 is 31.7 Å². The predicted octanol–water partition coefficient (Wildman–Crippen LogP) is 1.49. The molecule has 2 aliphatic heterocycles. The number of rotatable bonds is 7. The van der Waals surface area contributed by atoms with E-state index in [-0.39, 0.29) is 28.8 Å². The number of nitrogens with two attached hydrogens (primary N) is 2. The van der Waals surface area contributed by atoms with Gasteiger partial charge in [-0.2, -0.15) is 4.99 Å². The summed E-state index contributed by atoms with van der Waals surface area (Å²) in [7, 11) is 0. The molecule has 190 valence electrons. The molecule has 11 nitrogen and oxygen atoms in total. The zero-order valence-electron chi connectivity index (χ0n) is 19.8. The summed E-state index contributed by atoms with van der Waals surface area (Å²) < 4.78 is 5.88. The van der Waals surface area contributed by atoms with Gasteiger partial charge in [0, 0.05) is 26.1 Å². The van der Waals surface area contributed by atoms with E-state index < -0.39 is 5.91 Å². The van der Waals surface area contributed by atoms with E-state index in [1.807, 2.05) is 51.8 Å². The number of halogens is 1. The van der Waals surface area contributed by atoms with Gasteiger partial charge in [0.05, 0.1) is 5.54 Å². The third-order valence-electron chi connectivity index (χ3n) is 6.29. The summed E-state index contributed by atoms with van der Waals surface area (Å²) >= 11 is 1.89. The minimum absolute atomic E-state index is 0.0370. The number of nitrogen functional groups attached to an aromatic ring is 2. The first-order valence-corrected chi connectivity index (χ1v) is 12.7. The van der Waals surface area contributed by atoms with Crippen molar-refractivity contribution < 1.29 is 14.3 Å². The minimum Gasteiger partial charge on any atom is -0.490 e. The molecule has 0 unspecified atom stereocenters. The highest BCUT2D eigenvalue weighted by atomic mass is 127. The second-order valence-corrected chi connectivity index (χ2v) is 9.80. The first-order valence-electron chi connectivity index (χ1n) is 11.6. The van der Waals surface area contributed by atoms with Gasteiger partial charge in [-0.1, -0.05) is 24.8 Å². The maximum atomic E-state index is 12.8. The summed E-state index contributed by atoms with van der Waals surface area (Å²) in [5.74, 6) is 0.804. The molecule has 0 saturated carbocycles. The summed E-state index contributed by atoms with van der Waals surface area (Å²) in [6.07, 6.45) is 4.33. The van der Waals surface area contributed by atoms with Crippen LogP contribution in [-0.4, -0.2) is 64.4 Å². The molecule has 4 rings (SSSR count). The fourth-order valence-electron chi connectivity index (χ4n) is 4.22. The molecule has 36 heavy (non-hydrogen) atoms. The van der Waals surface area contributed by atoms with E-state index in [0.29, 0.717) is 48.7 Å². The zero-order chi connectivity index (χ0) is 25.7. The van der Waals surface area contributed by atoms with Gasteiger partial charge in [0.1, 0.15) is 16.1 Å². The lowest BCUT2D eigenvalue weighted by atomic mass is 9.88. The van der Waals surface area contributed by atoms with Crippen LogP contribution >= 0.6 is 22.6 Å². The lowest BCUT2D eigenvalue weighted by Crippen LogP contribution is -2.53. The number of nitrogens with zero attached hydrogens (tertiary/aromatic N) is 4. The maximum Gasteiger partial charge on any atom is 0.302 e. The molecule has 1 spiro atoms. The van der Waals surface area contributed by atoms with E-state index in [9.17, 15) is 9.59 Å². The van der Waals surface area contributed by atoms with Crippen molar-refractivity contribution in [3.05, 3.63) is 51.9 Å². The third-order valence-corrected chi connectivity index (χ3v) is 7.08. The van der Waals surface area contributed by atoms with E-state index in [0.717, 1.165) is 24.2 Å². The van der Waals surface area contributed by atoms with Crippen LogP contribution in [0.25, 0.3) is 0 Å². The number of aryl methyl sites for hydroxylation is 1. The Morgan fingerprint density at radius 3 is 2.61 bits per heavy atom. The Morgan fingerprint density at radius 2 is 1.92 bits per heavy atom. The molecule has 12 heteroatoms. The van der Waals surface area contributed by atoms with Gasteiger partial charge in [0.25, 0.3) is 0 Å². The second-order valence-electron chi connectivity index (χ2n) is 8.78. The van der Waals surface area contributed by atoms with Gasteiger partial charge >= 0.3 is 5.91 Å². The Hall–Kier alpha value is -3.42. The molecule has 6 N–H and O–H groups in total. The van der Waals surface area contributed by atoms with Crippen molar-refractivity contribution in [1.82, 2.24) is 25.5 Å². The number of ether oxygens (including phenoxy) is 1. The van der Waals surface area contributed by atoms with Gasteiger partial charge in [-0.05, 0) is 59.5 Å². The molecule has 0 radical (unpaired) electrons. The summed E-state index contributed by atoms with van der Waals surface area (Å²) in [5, 5.41) is 6.49. The third kappa shape index (κ3) is 6.04. The number of amides is 2. The number of hydrogen-bond donors (Lipinski definition) is 4. The Morgan fingerprint density at radius 1 is 1.19 bits per heavy atom. The number of carbonyl (C=O) groups is 2. The van der Waals surface area contributed by atoms with E-state index in [1.54, 1.807) is 6.08 Å². The van der Waals surface area contributed by atoms with Gasteiger partial charge in [-0.3, -0.25) is 9.59 Å². The first-order chi connectivity index (χ1) is 17.3. The minimum atomic E-state index is -0.599. The summed E-state index contributed by atoms with van der Waals surface area (Å²) in [4.78, 5) is 39.4. The van der Waals surface area contributed by atoms with Crippen LogP contribution in [0, 0.1) is 3.70 Å². The van der Waals surface area contributed by atoms with Gasteiger partial charge in [-0.25, -0.2) is 9.97 Å². The summed E-state index contributed by atoms with van der Waals surface area (Å²) in [5.41, 5.74) is 12.3. The van der Waals surface area contributed by atoms with Crippen LogP contribution in [0.15, 0.2) is 41.9 Å². The van der Waals surface area contributed by atoms with Crippen molar-refractivity contribution in [3.63, 3.8) is 0 Å². The SMILES string of the molecule is C=CCOc1ccc(CCC(=O)N2CCC3(CC2)CN/C(=N\C(=O)c2nc(I)c(N)nc2N)N3)cc1. The molecule has 2 aliphatic rings. The van der Waals surface area contributed by atoms with Crippen molar-refractivity contribution >= 4 is 52.0 Å². The number of anilines is 2. The fraction of sp³-hybridized carbons (Fsp3) is 0.375. The first kappa shape index (κ1) is 25.7. The molecule has 2 aromatic rings. The molecule has 1 aromatic carbocycles. The van der Waals surface area contributed by atoms with Crippen LogP contribution in [0.1, 0.15) is 35.3 Å². The quantitative estimate of drug-likeness (QED) is 0.271. The van der Waals surface area contributed by atoms with Crippen LogP contribution < -0.4 is 26.8 Å². The van der Waals surface area contributed by atoms with E-state index >= 15 is 0 Å². The predicted molar refractivity (Wildman–Crippen MR) is 145 cm³/mol. The molecule has 0 atom stereocenters. The van der Waals surface area contributed by atoms with E-state index in [1.165, 1.54) is 0 Å². The molecule has 1 aromatic heterocycles. The van der Waals surface area contributed by atoms with Gasteiger partial charge in [0.15, 0.2) is 23.3 Å². The van der Waals surface area contributed by atoms with Crippen molar-refractivity contribution in [2.75, 3.05) is 37.7 Å². The van der Waals surface area contributed by atoms with Crippen molar-refractivity contribution in [2.45, 2.75) is 31.2 Å². The maximum absolute atomic E-state index is 12.8. The van der Waals surface area contributed by atoms with Crippen LogP contribution in [0.4, 0.5) is 11.6 Å². The zero-order valence-corrected chi connectivity index (χ0v) is 22.0. The van der Waals surface area contributed by atoms with E-state index in [4.69, 9.17) is 16.2 Å². The molecule has 0 aliphatic carbocycles. The largest absolute Gasteiger partial charge is 0.490 e. The number of guanidine groups is 1. The topological polar surface area (TPSA) is 161 Å². The van der Waals surface area contributed by atoms with Gasteiger partial charge in [0.2, 0.25) is 5.91 Å². The molecular weight excluding hydrogens is 575 g/mol. The van der Waals surface area contributed by atoms with Crippen molar-refractivity contribution in [1.29, 1.82) is 0 Å². The second kappa shape index (κ2) is 11.1. The monoisotopic (exact) mass is 604 g/mol. The van der Waals surface area contributed by atoms with Crippen LogP contribution in [0.2, 0.25) is 0 Å². The van der Waals surface area contributed by atoms with Crippen LogP contribution in [-0.2, 0) is 11.2 Å². The smallest absolute Gasteiger partial charge is 0.302 e. The number of hydrogen-bond acceptors (Lipinski definition) is 7. The molecule has 2 fully saturated rings.